The van der Waals surface area contributed by atoms with Crippen LogP contribution in [0.3, 0.4) is 0 Å². The van der Waals surface area contributed by atoms with Crippen molar-refractivity contribution in [2.24, 2.45) is 17.8 Å². The molecule has 0 bridgehead atoms. The Hall–Kier alpha value is -0.260. The standard InChI is InChI=1S/C12H22/c1-4-7-12(10(2)3)11-8-5-6-9-11/h5-6,10-12H,4,7-9H2,1-3H3. The molecule has 0 N–H and O–H groups in total. The molecule has 0 spiro atoms. The summed E-state index contributed by atoms with van der Waals surface area (Å²) in [6.45, 7) is 7.05. The van der Waals surface area contributed by atoms with E-state index in [9.17, 15) is 0 Å². The first-order valence-corrected chi connectivity index (χ1v) is 5.40. The van der Waals surface area contributed by atoms with Crippen molar-refractivity contribution in [1.82, 2.24) is 0 Å². The van der Waals surface area contributed by atoms with Crippen LogP contribution >= 0.6 is 0 Å². The van der Waals surface area contributed by atoms with Gasteiger partial charge in [0.15, 0.2) is 0 Å². The molecule has 0 nitrogen and oxygen atoms in total. The molecule has 0 saturated carbocycles. The first kappa shape index (κ1) is 9.83. The van der Waals surface area contributed by atoms with E-state index in [2.05, 4.69) is 32.9 Å². The Morgan fingerprint density at radius 2 is 1.83 bits per heavy atom. The molecule has 1 unspecified atom stereocenters. The zero-order chi connectivity index (χ0) is 8.97. The van der Waals surface area contributed by atoms with E-state index in [4.69, 9.17) is 0 Å². The van der Waals surface area contributed by atoms with E-state index >= 15 is 0 Å². The average molecular weight is 166 g/mol. The number of hydrogen-bond acceptors (Lipinski definition) is 0. The van der Waals surface area contributed by atoms with Crippen LogP contribution < -0.4 is 0 Å². The molecule has 0 amide bonds. The van der Waals surface area contributed by atoms with Crippen LogP contribution in [0, 0.1) is 17.8 Å². The Morgan fingerprint density at radius 1 is 1.25 bits per heavy atom. The molecule has 0 heteroatoms. The van der Waals surface area contributed by atoms with Gasteiger partial charge in [-0.15, -0.1) is 0 Å². The fraction of sp³-hybridized carbons (Fsp3) is 0.833. The second kappa shape index (κ2) is 4.69. The van der Waals surface area contributed by atoms with Crippen LogP contribution in [-0.4, -0.2) is 0 Å². The second-order valence-corrected chi connectivity index (χ2v) is 4.40. The number of rotatable bonds is 4. The summed E-state index contributed by atoms with van der Waals surface area (Å²) in [6.07, 6.45) is 10.2. The van der Waals surface area contributed by atoms with Gasteiger partial charge < -0.3 is 0 Å². The second-order valence-electron chi connectivity index (χ2n) is 4.40. The van der Waals surface area contributed by atoms with Crippen LogP contribution in [0.25, 0.3) is 0 Å². The summed E-state index contributed by atoms with van der Waals surface area (Å²) in [5.74, 6) is 2.80. The third-order valence-electron chi connectivity index (χ3n) is 3.13. The van der Waals surface area contributed by atoms with Gasteiger partial charge in [0.05, 0.1) is 0 Å². The van der Waals surface area contributed by atoms with E-state index in [1.165, 1.54) is 25.7 Å². The SMILES string of the molecule is CCCC(C(C)C)C1CC=CC1. The maximum absolute atomic E-state index is 2.37. The van der Waals surface area contributed by atoms with Gasteiger partial charge in [-0.1, -0.05) is 45.8 Å². The van der Waals surface area contributed by atoms with Crippen molar-refractivity contribution in [3.8, 4) is 0 Å². The molecule has 0 aromatic carbocycles. The first-order chi connectivity index (χ1) is 5.75. The van der Waals surface area contributed by atoms with Gasteiger partial charge in [-0.2, -0.15) is 0 Å². The van der Waals surface area contributed by atoms with E-state index in [-0.39, 0.29) is 0 Å². The van der Waals surface area contributed by atoms with Gasteiger partial charge in [-0.3, -0.25) is 0 Å². The van der Waals surface area contributed by atoms with Gasteiger partial charge >= 0.3 is 0 Å². The van der Waals surface area contributed by atoms with Crippen molar-refractivity contribution < 1.29 is 0 Å². The van der Waals surface area contributed by atoms with Crippen LogP contribution in [0.2, 0.25) is 0 Å². The predicted molar refractivity (Wildman–Crippen MR) is 55.1 cm³/mol. The molecule has 1 aliphatic rings. The molecule has 0 fully saturated rings. The Bertz CT molecular complexity index is 136. The lowest BCUT2D eigenvalue weighted by molar-refractivity contribution is 0.245. The lowest BCUT2D eigenvalue weighted by Crippen LogP contribution is -2.17. The minimum Gasteiger partial charge on any atom is -0.0882 e. The van der Waals surface area contributed by atoms with E-state index in [0.29, 0.717) is 0 Å². The molecular weight excluding hydrogens is 144 g/mol. The third kappa shape index (κ3) is 2.36. The largest absolute Gasteiger partial charge is 0.0882 e. The summed E-state index contributed by atoms with van der Waals surface area (Å²) in [6, 6.07) is 0. The third-order valence-corrected chi connectivity index (χ3v) is 3.13. The smallest absolute Gasteiger partial charge is 0.0314 e. The molecule has 0 aromatic heterocycles. The summed E-state index contributed by atoms with van der Waals surface area (Å²) >= 11 is 0. The minimum absolute atomic E-state index is 0.870. The van der Waals surface area contributed by atoms with Crippen molar-refractivity contribution in [2.45, 2.75) is 46.5 Å². The molecule has 0 radical (unpaired) electrons. The van der Waals surface area contributed by atoms with Crippen LogP contribution in [0.5, 0.6) is 0 Å². The molecule has 1 rings (SSSR count). The van der Waals surface area contributed by atoms with Gasteiger partial charge in [0.1, 0.15) is 0 Å². The highest BCUT2D eigenvalue weighted by Crippen LogP contribution is 2.34. The Balaban J connectivity index is 2.41. The lowest BCUT2D eigenvalue weighted by atomic mass is 9.79. The molecule has 12 heavy (non-hydrogen) atoms. The number of hydrogen-bond donors (Lipinski definition) is 0. The van der Waals surface area contributed by atoms with Gasteiger partial charge in [-0.25, -0.2) is 0 Å². The highest BCUT2D eigenvalue weighted by molar-refractivity contribution is 4.96. The molecule has 0 aliphatic heterocycles. The fourth-order valence-corrected chi connectivity index (χ4v) is 2.43. The van der Waals surface area contributed by atoms with Gasteiger partial charge in [-0.05, 0) is 30.6 Å². The zero-order valence-corrected chi connectivity index (χ0v) is 8.72. The molecule has 0 saturated heterocycles. The maximum Gasteiger partial charge on any atom is -0.0314 e. The normalized spacial score (nSPS) is 20.7. The quantitative estimate of drug-likeness (QED) is 0.553. The van der Waals surface area contributed by atoms with Crippen molar-refractivity contribution in [2.75, 3.05) is 0 Å². The van der Waals surface area contributed by atoms with Gasteiger partial charge in [0.25, 0.3) is 0 Å². The summed E-state index contributed by atoms with van der Waals surface area (Å²) in [4.78, 5) is 0. The summed E-state index contributed by atoms with van der Waals surface area (Å²) in [7, 11) is 0. The zero-order valence-electron chi connectivity index (χ0n) is 8.72. The summed E-state index contributed by atoms with van der Waals surface area (Å²) in [5, 5.41) is 0. The first-order valence-electron chi connectivity index (χ1n) is 5.40. The van der Waals surface area contributed by atoms with Gasteiger partial charge in [0.2, 0.25) is 0 Å². The summed E-state index contributed by atoms with van der Waals surface area (Å²) in [5.41, 5.74) is 0. The number of allylic oxidation sites excluding steroid dienone is 2. The van der Waals surface area contributed by atoms with E-state index in [0.717, 1.165) is 17.8 Å². The maximum atomic E-state index is 2.37. The van der Waals surface area contributed by atoms with Crippen LogP contribution in [0.15, 0.2) is 12.2 Å². The van der Waals surface area contributed by atoms with Crippen molar-refractivity contribution in [3.63, 3.8) is 0 Å². The van der Waals surface area contributed by atoms with Crippen molar-refractivity contribution >= 4 is 0 Å². The lowest BCUT2D eigenvalue weighted by Gasteiger charge is -2.26. The molecule has 1 aliphatic carbocycles. The van der Waals surface area contributed by atoms with Gasteiger partial charge in [0, 0.05) is 0 Å². The minimum atomic E-state index is 0.870. The van der Waals surface area contributed by atoms with Crippen molar-refractivity contribution in [3.05, 3.63) is 12.2 Å². The fourth-order valence-electron chi connectivity index (χ4n) is 2.43. The van der Waals surface area contributed by atoms with Crippen LogP contribution in [0.1, 0.15) is 46.5 Å². The highest BCUT2D eigenvalue weighted by Gasteiger charge is 2.23. The van der Waals surface area contributed by atoms with E-state index < -0.39 is 0 Å². The van der Waals surface area contributed by atoms with Crippen molar-refractivity contribution in [1.29, 1.82) is 0 Å². The Labute approximate surface area is 77.1 Å². The molecule has 70 valence electrons. The Kier molecular flexibility index (Phi) is 3.84. The topological polar surface area (TPSA) is 0 Å². The van der Waals surface area contributed by atoms with E-state index in [1.807, 2.05) is 0 Å². The Morgan fingerprint density at radius 3 is 2.25 bits per heavy atom. The molecular formula is C12H22. The summed E-state index contributed by atoms with van der Waals surface area (Å²) < 4.78 is 0. The monoisotopic (exact) mass is 166 g/mol. The predicted octanol–water partition coefficient (Wildman–Crippen LogP) is 4.02. The molecule has 0 aromatic rings. The molecule has 1 atom stereocenters. The van der Waals surface area contributed by atoms with E-state index in [1.54, 1.807) is 0 Å². The highest BCUT2D eigenvalue weighted by atomic mass is 14.3. The van der Waals surface area contributed by atoms with Crippen LogP contribution in [0.4, 0.5) is 0 Å². The molecule has 0 heterocycles. The van der Waals surface area contributed by atoms with Crippen LogP contribution in [-0.2, 0) is 0 Å². The average Bonchev–Trinajstić information content (AvgIpc) is 2.51.